The van der Waals surface area contributed by atoms with Crippen LogP contribution in [0, 0.1) is 0 Å². The standard InChI is InChI=1S/C16H19N3O4S/c1-3-19(4-2)24(21,22)15-9-5-7-13(11-15)16(20)18-17-12-14-8-6-10-23-14/h5-12H,3-4H2,1-2H3,(H,18,20)/b17-12-. The van der Waals surface area contributed by atoms with E-state index in [-0.39, 0.29) is 10.5 Å². The average Bonchev–Trinajstić information content (AvgIpc) is 3.09. The molecule has 0 radical (unpaired) electrons. The summed E-state index contributed by atoms with van der Waals surface area (Å²) in [6, 6.07) is 9.25. The normalized spacial score (nSPS) is 12.0. The molecule has 0 fully saturated rings. The summed E-state index contributed by atoms with van der Waals surface area (Å²) in [6.07, 6.45) is 2.85. The molecule has 0 bridgehead atoms. The van der Waals surface area contributed by atoms with E-state index in [0.717, 1.165) is 0 Å². The molecule has 1 aromatic carbocycles. The van der Waals surface area contributed by atoms with Crippen molar-refractivity contribution >= 4 is 22.1 Å². The van der Waals surface area contributed by atoms with Crippen molar-refractivity contribution in [3.8, 4) is 0 Å². The third kappa shape index (κ3) is 4.09. The summed E-state index contributed by atoms with van der Waals surface area (Å²) in [5.74, 6) is -0.0115. The van der Waals surface area contributed by atoms with Crippen molar-refractivity contribution in [3.05, 3.63) is 54.0 Å². The first-order valence-electron chi connectivity index (χ1n) is 7.46. The van der Waals surface area contributed by atoms with Gasteiger partial charge in [-0.2, -0.15) is 9.41 Å². The number of benzene rings is 1. The van der Waals surface area contributed by atoms with Gasteiger partial charge in [-0.05, 0) is 30.3 Å². The Balaban J connectivity index is 2.16. The highest BCUT2D eigenvalue weighted by Crippen LogP contribution is 2.17. The zero-order chi connectivity index (χ0) is 17.6. The molecular weight excluding hydrogens is 330 g/mol. The van der Waals surface area contributed by atoms with E-state index in [1.807, 2.05) is 0 Å². The first-order chi connectivity index (χ1) is 11.5. The number of carbonyl (C=O) groups excluding carboxylic acids is 1. The van der Waals surface area contributed by atoms with Crippen LogP contribution in [0.2, 0.25) is 0 Å². The summed E-state index contributed by atoms with van der Waals surface area (Å²) < 4.78 is 31.4. The Kier molecular flexibility index (Phi) is 5.88. The molecule has 0 atom stereocenters. The predicted molar refractivity (Wildman–Crippen MR) is 90.3 cm³/mol. The second-order valence-corrected chi connectivity index (χ2v) is 6.77. The van der Waals surface area contributed by atoms with Gasteiger partial charge in [-0.15, -0.1) is 0 Å². The zero-order valence-corrected chi connectivity index (χ0v) is 14.3. The Morgan fingerprint density at radius 1 is 1.25 bits per heavy atom. The summed E-state index contributed by atoms with van der Waals surface area (Å²) in [7, 11) is -3.61. The monoisotopic (exact) mass is 349 g/mol. The van der Waals surface area contributed by atoms with Crippen molar-refractivity contribution in [2.75, 3.05) is 13.1 Å². The lowest BCUT2D eigenvalue weighted by atomic mass is 10.2. The van der Waals surface area contributed by atoms with E-state index in [9.17, 15) is 13.2 Å². The van der Waals surface area contributed by atoms with Crippen LogP contribution in [0.4, 0.5) is 0 Å². The van der Waals surface area contributed by atoms with Crippen LogP contribution in [0.1, 0.15) is 30.0 Å². The minimum Gasteiger partial charge on any atom is -0.463 e. The van der Waals surface area contributed by atoms with Crippen LogP contribution in [0.25, 0.3) is 0 Å². The molecule has 128 valence electrons. The van der Waals surface area contributed by atoms with Gasteiger partial charge in [0.2, 0.25) is 10.0 Å². The van der Waals surface area contributed by atoms with Crippen molar-refractivity contribution in [2.45, 2.75) is 18.7 Å². The fraction of sp³-hybridized carbons (Fsp3) is 0.250. The summed E-state index contributed by atoms with van der Waals surface area (Å²) in [5.41, 5.74) is 2.54. The topological polar surface area (TPSA) is 92.0 Å². The fourth-order valence-corrected chi connectivity index (χ4v) is 3.60. The van der Waals surface area contributed by atoms with Crippen molar-refractivity contribution in [3.63, 3.8) is 0 Å². The maximum absolute atomic E-state index is 12.5. The Labute approximate surface area is 141 Å². The van der Waals surface area contributed by atoms with Crippen LogP contribution >= 0.6 is 0 Å². The Bertz CT molecular complexity index is 810. The predicted octanol–water partition coefficient (Wildman–Crippen LogP) is 2.07. The molecule has 1 heterocycles. The average molecular weight is 349 g/mol. The molecule has 2 rings (SSSR count). The summed E-state index contributed by atoms with van der Waals surface area (Å²) >= 11 is 0. The van der Waals surface area contributed by atoms with Crippen LogP contribution in [-0.2, 0) is 10.0 Å². The highest BCUT2D eigenvalue weighted by atomic mass is 32.2. The molecule has 0 spiro atoms. The van der Waals surface area contributed by atoms with Gasteiger partial charge < -0.3 is 4.42 Å². The fourth-order valence-electron chi connectivity index (χ4n) is 2.09. The van der Waals surface area contributed by atoms with Crippen molar-refractivity contribution in [1.29, 1.82) is 0 Å². The highest BCUT2D eigenvalue weighted by molar-refractivity contribution is 7.89. The number of nitrogens with one attached hydrogen (secondary N) is 1. The quantitative estimate of drug-likeness (QED) is 0.612. The Hall–Kier alpha value is -2.45. The lowest BCUT2D eigenvalue weighted by Crippen LogP contribution is -2.30. The van der Waals surface area contributed by atoms with Gasteiger partial charge in [0.05, 0.1) is 17.4 Å². The van der Waals surface area contributed by atoms with E-state index in [2.05, 4.69) is 10.5 Å². The number of hydrogen-bond donors (Lipinski definition) is 1. The van der Waals surface area contributed by atoms with E-state index < -0.39 is 15.9 Å². The number of nitrogens with zero attached hydrogens (tertiary/aromatic N) is 2. The molecule has 1 amide bonds. The van der Waals surface area contributed by atoms with Crippen molar-refractivity contribution < 1.29 is 17.6 Å². The number of sulfonamides is 1. The molecule has 0 unspecified atom stereocenters. The van der Waals surface area contributed by atoms with E-state index in [0.29, 0.717) is 18.8 Å². The minimum atomic E-state index is -3.61. The van der Waals surface area contributed by atoms with Gasteiger partial charge in [-0.25, -0.2) is 13.8 Å². The van der Waals surface area contributed by atoms with Gasteiger partial charge >= 0.3 is 0 Å². The first kappa shape index (κ1) is 17.9. The molecule has 0 aliphatic rings. The van der Waals surface area contributed by atoms with E-state index >= 15 is 0 Å². The van der Waals surface area contributed by atoms with Gasteiger partial charge in [-0.3, -0.25) is 4.79 Å². The largest absolute Gasteiger partial charge is 0.463 e. The van der Waals surface area contributed by atoms with Crippen LogP contribution < -0.4 is 5.43 Å². The molecule has 2 aromatic rings. The second-order valence-electron chi connectivity index (χ2n) is 4.83. The van der Waals surface area contributed by atoms with Crippen LogP contribution in [0.3, 0.4) is 0 Å². The van der Waals surface area contributed by atoms with E-state index in [1.54, 1.807) is 26.0 Å². The number of amides is 1. The number of rotatable bonds is 7. The minimum absolute atomic E-state index is 0.0777. The van der Waals surface area contributed by atoms with E-state index in [4.69, 9.17) is 4.42 Å². The maximum Gasteiger partial charge on any atom is 0.271 e. The molecule has 24 heavy (non-hydrogen) atoms. The van der Waals surface area contributed by atoms with Crippen LogP contribution in [0.15, 0.2) is 57.1 Å². The van der Waals surface area contributed by atoms with Gasteiger partial charge in [0, 0.05) is 18.7 Å². The zero-order valence-electron chi connectivity index (χ0n) is 13.5. The molecule has 0 aliphatic carbocycles. The smallest absolute Gasteiger partial charge is 0.271 e. The molecule has 0 aliphatic heterocycles. The summed E-state index contributed by atoms with van der Waals surface area (Å²) in [5, 5.41) is 3.77. The molecule has 0 saturated carbocycles. The van der Waals surface area contributed by atoms with Crippen molar-refractivity contribution in [1.82, 2.24) is 9.73 Å². The number of hydrogen-bond acceptors (Lipinski definition) is 5. The SMILES string of the molecule is CCN(CC)S(=O)(=O)c1cccc(C(=O)N/N=C\c2ccco2)c1. The summed E-state index contributed by atoms with van der Waals surface area (Å²) in [6.45, 7) is 4.26. The van der Waals surface area contributed by atoms with Crippen LogP contribution in [-0.4, -0.2) is 37.9 Å². The molecular formula is C16H19N3O4S. The third-order valence-corrected chi connectivity index (χ3v) is 5.39. The maximum atomic E-state index is 12.5. The lowest BCUT2D eigenvalue weighted by molar-refractivity contribution is 0.0955. The van der Waals surface area contributed by atoms with Gasteiger partial charge in [-0.1, -0.05) is 19.9 Å². The number of carbonyl (C=O) groups is 1. The van der Waals surface area contributed by atoms with Gasteiger partial charge in [0.25, 0.3) is 5.91 Å². The molecule has 1 aromatic heterocycles. The second kappa shape index (κ2) is 7.89. The lowest BCUT2D eigenvalue weighted by Gasteiger charge is -2.18. The summed E-state index contributed by atoms with van der Waals surface area (Å²) in [4.78, 5) is 12.2. The molecule has 7 nitrogen and oxygen atoms in total. The molecule has 1 N–H and O–H groups in total. The third-order valence-electron chi connectivity index (χ3n) is 3.34. The molecule has 8 heteroatoms. The highest BCUT2D eigenvalue weighted by Gasteiger charge is 2.22. The first-order valence-corrected chi connectivity index (χ1v) is 8.90. The van der Waals surface area contributed by atoms with Crippen LogP contribution in [0.5, 0.6) is 0 Å². The Morgan fingerprint density at radius 3 is 2.62 bits per heavy atom. The van der Waals surface area contributed by atoms with Crippen molar-refractivity contribution in [2.24, 2.45) is 5.10 Å². The van der Waals surface area contributed by atoms with E-state index in [1.165, 1.54) is 41.0 Å². The Morgan fingerprint density at radius 2 is 2.00 bits per heavy atom. The number of furan rings is 1. The number of hydrazone groups is 1. The van der Waals surface area contributed by atoms with Gasteiger partial charge in [0.1, 0.15) is 5.76 Å². The van der Waals surface area contributed by atoms with Gasteiger partial charge in [0.15, 0.2) is 0 Å². The molecule has 0 saturated heterocycles.